The molecule has 0 saturated carbocycles. The quantitative estimate of drug-likeness (QED) is 0.450. The summed E-state index contributed by atoms with van der Waals surface area (Å²) >= 11 is 1.47. The van der Waals surface area contributed by atoms with Crippen molar-refractivity contribution >= 4 is 34.7 Å². The minimum absolute atomic E-state index is 0.281. The largest absolute Gasteiger partial charge is 0.463 e. The van der Waals surface area contributed by atoms with Crippen molar-refractivity contribution in [3.8, 4) is 0 Å². The van der Waals surface area contributed by atoms with E-state index in [4.69, 9.17) is 4.74 Å². The first-order chi connectivity index (χ1) is 13.0. The number of carbonyl (C=O) groups is 2. The SMILES string of the molecule is CCOC(=O)C1=C(CSc2nc(C)nc3ccccc23)NC(=O)N[C@H]1CC. The first kappa shape index (κ1) is 19.2. The van der Waals surface area contributed by atoms with Crippen LogP contribution in [0.5, 0.6) is 0 Å². The summed E-state index contributed by atoms with van der Waals surface area (Å²) in [5.74, 6) is 0.672. The molecule has 0 bridgehead atoms. The van der Waals surface area contributed by atoms with E-state index < -0.39 is 5.97 Å². The van der Waals surface area contributed by atoms with Gasteiger partial charge in [0.25, 0.3) is 0 Å². The lowest BCUT2D eigenvalue weighted by Gasteiger charge is -2.28. The van der Waals surface area contributed by atoms with Crippen molar-refractivity contribution in [2.45, 2.75) is 38.3 Å². The van der Waals surface area contributed by atoms with Crippen molar-refractivity contribution in [2.75, 3.05) is 12.4 Å². The number of ether oxygens (including phenoxy) is 1. The molecule has 0 fully saturated rings. The van der Waals surface area contributed by atoms with Crippen molar-refractivity contribution in [1.29, 1.82) is 0 Å². The maximum Gasteiger partial charge on any atom is 0.337 e. The molecule has 2 N–H and O–H groups in total. The molecule has 3 rings (SSSR count). The average Bonchev–Trinajstić information content (AvgIpc) is 2.65. The second-order valence-electron chi connectivity index (χ2n) is 6.05. The summed E-state index contributed by atoms with van der Waals surface area (Å²) < 4.78 is 5.20. The third-order valence-electron chi connectivity index (χ3n) is 4.18. The normalized spacial score (nSPS) is 16.9. The molecule has 1 aliphatic heterocycles. The molecule has 2 aromatic rings. The van der Waals surface area contributed by atoms with E-state index in [0.29, 0.717) is 29.3 Å². The molecule has 0 aliphatic carbocycles. The van der Waals surface area contributed by atoms with Crippen molar-refractivity contribution in [1.82, 2.24) is 20.6 Å². The van der Waals surface area contributed by atoms with Crippen LogP contribution in [0.4, 0.5) is 4.79 Å². The Morgan fingerprint density at radius 3 is 2.78 bits per heavy atom. The van der Waals surface area contributed by atoms with Crippen molar-refractivity contribution in [3.63, 3.8) is 0 Å². The maximum atomic E-state index is 12.5. The Bertz CT molecular complexity index is 913. The Hall–Kier alpha value is -2.61. The van der Waals surface area contributed by atoms with Gasteiger partial charge in [0.05, 0.1) is 23.7 Å². The van der Waals surface area contributed by atoms with E-state index in [0.717, 1.165) is 15.9 Å². The number of nitrogens with one attached hydrogen (secondary N) is 2. The molecule has 1 atom stereocenters. The number of carbonyl (C=O) groups excluding carboxylic acids is 2. The third-order valence-corrected chi connectivity index (χ3v) is 5.20. The smallest absolute Gasteiger partial charge is 0.337 e. The van der Waals surface area contributed by atoms with Crippen LogP contribution in [-0.2, 0) is 9.53 Å². The molecule has 1 aromatic heterocycles. The van der Waals surface area contributed by atoms with E-state index in [2.05, 4.69) is 20.6 Å². The van der Waals surface area contributed by atoms with Gasteiger partial charge in [0.15, 0.2) is 0 Å². The molecule has 27 heavy (non-hydrogen) atoms. The fraction of sp³-hybridized carbons (Fsp3) is 0.368. The van der Waals surface area contributed by atoms with Crippen LogP contribution >= 0.6 is 11.8 Å². The van der Waals surface area contributed by atoms with Crippen LogP contribution in [-0.4, -0.2) is 40.4 Å². The first-order valence-electron chi connectivity index (χ1n) is 8.87. The zero-order valence-electron chi connectivity index (χ0n) is 15.5. The van der Waals surface area contributed by atoms with Gasteiger partial charge in [-0.15, -0.1) is 0 Å². The Balaban J connectivity index is 1.94. The molecule has 0 saturated heterocycles. The van der Waals surface area contributed by atoms with Gasteiger partial charge in [-0.25, -0.2) is 19.6 Å². The molecule has 1 aromatic carbocycles. The highest BCUT2D eigenvalue weighted by atomic mass is 32.2. The van der Waals surface area contributed by atoms with Crippen LogP contribution in [0.25, 0.3) is 10.9 Å². The molecule has 8 heteroatoms. The zero-order valence-corrected chi connectivity index (χ0v) is 16.4. The molecule has 142 valence electrons. The number of esters is 1. The number of para-hydroxylation sites is 1. The van der Waals surface area contributed by atoms with Gasteiger partial charge in [0.2, 0.25) is 0 Å². The van der Waals surface area contributed by atoms with E-state index in [-0.39, 0.29) is 18.7 Å². The number of aromatic nitrogens is 2. The van der Waals surface area contributed by atoms with E-state index >= 15 is 0 Å². The molecular weight excluding hydrogens is 364 g/mol. The average molecular weight is 386 g/mol. The highest BCUT2D eigenvalue weighted by molar-refractivity contribution is 7.99. The lowest BCUT2D eigenvalue weighted by Crippen LogP contribution is -2.50. The van der Waals surface area contributed by atoms with E-state index in [1.54, 1.807) is 6.92 Å². The number of nitrogens with zero attached hydrogens (tertiary/aromatic N) is 2. The predicted molar refractivity (Wildman–Crippen MR) is 104 cm³/mol. The van der Waals surface area contributed by atoms with Gasteiger partial charge in [-0.1, -0.05) is 36.9 Å². The fourth-order valence-corrected chi connectivity index (χ4v) is 4.02. The number of hydrogen-bond donors (Lipinski definition) is 2. The Kier molecular flexibility index (Phi) is 5.95. The van der Waals surface area contributed by atoms with Crippen LogP contribution in [0.1, 0.15) is 26.1 Å². The van der Waals surface area contributed by atoms with Gasteiger partial charge in [-0.05, 0) is 26.3 Å². The Labute approximate surface area is 162 Å². The number of thioether (sulfide) groups is 1. The molecule has 1 aliphatic rings. The standard InChI is InChI=1S/C19H22N4O3S/c1-4-13-16(18(24)26-5-2)15(23-19(25)22-13)10-27-17-12-8-6-7-9-14(12)20-11(3)21-17/h6-9,13H,4-5,10H2,1-3H3,(H2,22,23,25)/t13-/m0/s1. The van der Waals surface area contributed by atoms with E-state index in [9.17, 15) is 9.59 Å². The highest BCUT2D eigenvalue weighted by Gasteiger charge is 2.31. The second kappa shape index (κ2) is 8.39. The van der Waals surface area contributed by atoms with Gasteiger partial charge >= 0.3 is 12.0 Å². The number of rotatable bonds is 6. The van der Waals surface area contributed by atoms with Gasteiger partial charge in [0.1, 0.15) is 10.9 Å². The minimum atomic E-state index is -0.406. The monoisotopic (exact) mass is 386 g/mol. The summed E-state index contributed by atoms with van der Waals surface area (Å²) in [4.78, 5) is 33.4. The maximum absolute atomic E-state index is 12.5. The van der Waals surface area contributed by atoms with Gasteiger partial charge < -0.3 is 15.4 Å². The number of urea groups is 1. The summed E-state index contributed by atoms with van der Waals surface area (Å²) in [6.45, 7) is 5.81. The third kappa shape index (κ3) is 4.21. The number of amides is 2. The fourth-order valence-electron chi connectivity index (χ4n) is 2.98. The zero-order chi connectivity index (χ0) is 19.4. The summed E-state index contributed by atoms with van der Waals surface area (Å²) in [6.07, 6.45) is 0.602. The van der Waals surface area contributed by atoms with Crippen LogP contribution in [0.2, 0.25) is 0 Å². The van der Waals surface area contributed by atoms with Crippen LogP contribution in [0.15, 0.2) is 40.6 Å². The van der Waals surface area contributed by atoms with Gasteiger partial charge in [0, 0.05) is 16.8 Å². The number of benzene rings is 1. The number of fused-ring (bicyclic) bond motifs is 1. The molecule has 7 nitrogen and oxygen atoms in total. The van der Waals surface area contributed by atoms with Crippen LogP contribution in [0, 0.1) is 6.92 Å². The molecule has 0 radical (unpaired) electrons. The number of hydrogen-bond acceptors (Lipinski definition) is 6. The van der Waals surface area contributed by atoms with E-state index in [1.807, 2.05) is 38.1 Å². The van der Waals surface area contributed by atoms with Crippen LogP contribution < -0.4 is 10.6 Å². The topological polar surface area (TPSA) is 93.2 Å². The first-order valence-corrected chi connectivity index (χ1v) is 9.85. The van der Waals surface area contributed by atoms with Crippen molar-refractivity contribution < 1.29 is 14.3 Å². The summed E-state index contributed by atoms with van der Waals surface area (Å²) in [7, 11) is 0. The Morgan fingerprint density at radius 2 is 2.04 bits per heavy atom. The predicted octanol–water partition coefficient (Wildman–Crippen LogP) is 2.94. The molecular formula is C19H22N4O3S. The molecule has 0 unspecified atom stereocenters. The lowest BCUT2D eigenvalue weighted by atomic mass is 10.0. The second-order valence-corrected chi connectivity index (χ2v) is 7.02. The highest BCUT2D eigenvalue weighted by Crippen LogP contribution is 2.28. The minimum Gasteiger partial charge on any atom is -0.463 e. The summed E-state index contributed by atoms with van der Waals surface area (Å²) in [5.41, 5.74) is 1.91. The van der Waals surface area contributed by atoms with Crippen LogP contribution in [0.3, 0.4) is 0 Å². The van der Waals surface area contributed by atoms with Gasteiger partial charge in [-0.3, -0.25) is 0 Å². The van der Waals surface area contributed by atoms with Crippen molar-refractivity contribution in [3.05, 3.63) is 41.4 Å². The molecule has 0 spiro atoms. The number of aryl methyl sites for hydroxylation is 1. The lowest BCUT2D eigenvalue weighted by molar-refractivity contribution is -0.139. The van der Waals surface area contributed by atoms with Gasteiger partial charge in [-0.2, -0.15) is 0 Å². The van der Waals surface area contributed by atoms with Crippen molar-refractivity contribution in [2.24, 2.45) is 0 Å². The molecule has 2 heterocycles. The summed E-state index contributed by atoms with van der Waals surface area (Å²) in [6, 6.07) is 7.10. The summed E-state index contributed by atoms with van der Waals surface area (Å²) in [5, 5.41) is 7.30. The van der Waals surface area contributed by atoms with E-state index in [1.165, 1.54) is 11.8 Å². The Morgan fingerprint density at radius 1 is 1.26 bits per heavy atom. The molecule has 2 amide bonds.